The molecule has 1 fully saturated rings. The van der Waals surface area contributed by atoms with Crippen molar-refractivity contribution in [3.63, 3.8) is 0 Å². The van der Waals surface area contributed by atoms with E-state index in [-0.39, 0.29) is 30.8 Å². The predicted octanol–water partition coefficient (Wildman–Crippen LogP) is 9.20. The van der Waals surface area contributed by atoms with E-state index in [1.54, 1.807) is 23.9 Å². The lowest BCUT2D eigenvalue weighted by molar-refractivity contribution is -0.268. The Bertz CT molecular complexity index is 1700. The molecule has 0 aliphatic carbocycles. The van der Waals surface area contributed by atoms with E-state index in [9.17, 15) is 9.90 Å². The first-order valence-electron chi connectivity index (χ1n) is 15.2. The van der Waals surface area contributed by atoms with Gasteiger partial charge in [-0.25, -0.2) is 4.79 Å². The number of thioether (sulfide) groups is 1. The number of nitrogens with one attached hydrogen (secondary N) is 2. The van der Waals surface area contributed by atoms with Gasteiger partial charge in [0.15, 0.2) is 6.29 Å². The Morgan fingerprint density at radius 3 is 2.13 bits per heavy atom. The average molecular weight is 633 g/mol. The highest BCUT2D eigenvalue weighted by atomic mass is 32.2. The molecule has 2 amide bonds. The maximum atomic E-state index is 12.9. The van der Waals surface area contributed by atoms with Crippen LogP contribution in [0.2, 0.25) is 0 Å². The minimum Gasteiger partial charge on any atom is -0.457 e. The molecule has 1 aliphatic heterocycles. The first-order valence-corrected chi connectivity index (χ1v) is 16.2. The molecule has 0 aromatic heterocycles. The maximum Gasteiger partial charge on any atom is 0.323 e. The second-order valence-electron chi connectivity index (χ2n) is 11.1. The van der Waals surface area contributed by atoms with Crippen molar-refractivity contribution >= 4 is 29.2 Å². The van der Waals surface area contributed by atoms with Crippen molar-refractivity contribution in [3.05, 3.63) is 150 Å². The molecule has 1 saturated heterocycles. The molecule has 5 aromatic carbocycles. The van der Waals surface area contributed by atoms with Gasteiger partial charge in [-0.1, -0.05) is 79.7 Å². The minimum absolute atomic E-state index is 0.00914. The summed E-state index contributed by atoms with van der Waals surface area (Å²) in [5, 5.41) is 15.3. The number of carbonyl (C=O) groups excluding carboxylic acids is 1. The summed E-state index contributed by atoms with van der Waals surface area (Å²) in [7, 11) is 0. The van der Waals surface area contributed by atoms with Gasteiger partial charge in [0.2, 0.25) is 0 Å². The lowest BCUT2D eigenvalue weighted by Gasteiger charge is -2.41. The van der Waals surface area contributed by atoms with E-state index >= 15 is 0 Å². The van der Waals surface area contributed by atoms with Crippen LogP contribution in [-0.2, 0) is 16.1 Å². The van der Waals surface area contributed by atoms with Crippen LogP contribution < -0.4 is 15.4 Å². The second kappa shape index (κ2) is 15.1. The van der Waals surface area contributed by atoms with E-state index in [0.29, 0.717) is 17.1 Å². The fraction of sp³-hybridized carbons (Fsp3) is 0.184. The summed E-state index contributed by atoms with van der Waals surface area (Å²) >= 11 is 1.76. The molecule has 3 N–H and O–H groups in total. The standard InChI is InChI=1S/C38H36N2O5S/c1-26-35(25-46-34-13-6-3-7-14-34)44-37(45-36(26)28-17-15-27(24-41)16-18-28)29-9-8-10-31(23-29)40-38(42)39-30-19-21-33(22-20-30)43-32-11-4-2-5-12-32/h2-23,26,35-37,41H,24-25H2,1H3,(H2,39,40,42)/t26-,35+,36+,37+/m1/s1. The third-order valence-electron chi connectivity index (χ3n) is 7.79. The summed E-state index contributed by atoms with van der Waals surface area (Å²) < 4.78 is 19.0. The number of aliphatic hydroxyl groups excluding tert-OH is 1. The summed E-state index contributed by atoms with van der Waals surface area (Å²) in [6.45, 7) is 2.14. The van der Waals surface area contributed by atoms with Crippen molar-refractivity contribution < 1.29 is 24.1 Å². The van der Waals surface area contributed by atoms with Crippen LogP contribution >= 0.6 is 11.8 Å². The monoisotopic (exact) mass is 632 g/mol. The summed E-state index contributed by atoms with van der Waals surface area (Å²) in [4.78, 5) is 14.1. The minimum atomic E-state index is -0.637. The fourth-order valence-electron chi connectivity index (χ4n) is 5.29. The molecule has 8 heteroatoms. The number of anilines is 2. The number of benzene rings is 5. The van der Waals surface area contributed by atoms with Crippen LogP contribution in [0.15, 0.2) is 138 Å². The summed E-state index contributed by atoms with van der Waals surface area (Å²) in [5.74, 6) is 2.25. The van der Waals surface area contributed by atoms with Crippen molar-refractivity contribution in [2.75, 3.05) is 16.4 Å². The molecule has 1 aliphatic rings. The van der Waals surface area contributed by atoms with Crippen LogP contribution in [0.25, 0.3) is 0 Å². The van der Waals surface area contributed by atoms with Crippen molar-refractivity contribution in [3.8, 4) is 11.5 Å². The normalized spacial score (nSPS) is 19.3. The topological polar surface area (TPSA) is 89.1 Å². The molecular weight excluding hydrogens is 596 g/mol. The van der Waals surface area contributed by atoms with Crippen LogP contribution in [0.1, 0.15) is 36.0 Å². The number of aliphatic hydroxyl groups is 1. The summed E-state index contributed by atoms with van der Waals surface area (Å²) in [6, 6.07) is 42.1. The Morgan fingerprint density at radius 1 is 0.739 bits per heavy atom. The lowest BCUT2D eigenvalue weighted by Crippen LogP contribution is -2.38. The number of rotatable bonds is 10. The zero-order valence-corrected chi connectivity index (χ0v) is 26.2. The molecule has 0 spiro atoms. The van der Waals surface area contributed by atoms with E-state index < -0.39 is 6.29 Å². The third kappa shape index (κ3) is 8.16. The smallest absolute Gasteiger partial charge is 0.323 e. The van der Waals surface area contributed by atoms with Crippen LogP contribution in [-0.4, -0.2) is 23.0 Å². The Morgan fingerprint density at radius 2 is 1.41 bits per heavy atom. The van der Waals surface area contributed by atoms with Crippen LogP contribution in [0.4, 0.5) is 16.2 Å². The van der Waals surface area contributed by atoms with E-state index in [4.69, 9.17) is 14.2 Å². The molecule has 1 heterocycles. The lowest BCUT2D eigenvalue weighted by atomic mass is 9.91. The quantitative estimate of drug-likeness (QED) is 0.133. The second-order valence-corrected chi connectivity index (χ2v) is 12.2. The number of amides is 2. The van der Waals surface area contributed by atoms with Gasteiger partial charge < -0.3 is 30.0 Å². The van der Waals surface area contributed by atoms with Crippen molar-refractivity contribution in [2.24, 2.45) is 5.92 Å². The molecule has 4 atom stereocenters. The highest BCUT2D eigenvalue weighted by molar-refractivity contribution is 7.99. The maximum absolute atomic E-state index is 12.9. The van der Waals surface area contributed by atoms with Crippen LogP contribution in [0, 0.1) is 5.92 Å². The van der Waals surface area contributed by atoms with Gasteiger partial charge in [-0.3, -0.25) is 0 Å². The Labute approximate surface area is 273 Å². The molecule has 7 nitrogen and oxygen atoms in total. The highest BCUT2D eigenvalue weighted by Gasteiger charge is 2.38. The van der Waals surface area contributed by atoms with E-state index in [1.165, 1.54) is 4.90 Å². The van der Waals surface area contributed by atoms with Gasteiger partial charge >= 0.3 is 6.03 Å². The average Bonchev–Trinajstić information content (AvgIpc) is 3.10. The number of carbonyl (C=O) groups is 1. The Balaban J connectivity index is 1.14. The number of hydrogen-bond acceptors (Lipinski definition) is 6. The molecule has 234 valence electrons. The largest absolute Gasteiger partial charge is 0.457 e. The van der Waals surface area contributed by atoms with Crippen LogP contribution in [0.3, 0.4) is 0 Å². The first kappa shape index (κ1) is 31.4. The Kier molecular flexibility index (Phi) is 10.3. The number of ether oxygens (including phenoxy) is 3. The van der Waals surface area contributed by atoms with E-state index in [2.05, 4.69) is 29.7 Å². The van der Waals surface area contributed by atoms with E-state index in [0.717, 1.165) is 28.2 Å². The van der Waals surface area contributed by atoms with Gasteiger partial charge in [0.05, 0.1) is 18.8 Å². The zero-order chi connectivity index (χ0) is 31.7. The number of urea groups is 1. The molecule has 0 unspecified atom stereocenters. The van der Waals surface area contributed by atoms with Gasteiger partial charge in [0, 0.05) is 33.5 Å². The Hall–Kier alpha value is -4.60. The van der Waals surface area contributed by atoms with Gasteiger partial charge in [0.25, 0.3) is 0 Å². The van der Waals surface area contributed by atoms with E-state index in [1.807, 2.05) is 109 Å². The van der Waals surface area contributed by atoms with Crippen molar-refractivity contribution in [1.29, 1.82) is 0 Å². The SMILES string of the molecule is C[C@@H]1[C@H](CSc2ccccc2)O[C@H](c2cccc(NC(=O)Nc3ccc(Oc4ccccc4)cc3)c2)O[C@@H]1c1ccc(CO)cc1. The molecule has 6 rings (SSSR count). The van der Waals surface area contributed by atoms with Crippen molar-refractivity contribution in [2.45, 2.75) is 36.9 Å². The fourth-order valence-corrected chi connectivity index (χ4v) is 6.38. The molecule has 46 heavy (non-hydrogen) atoms. The van der Waals surface area contributed by atoms with Gasteiger partial charge in [-0.15, -0.1) is 11.8 Å². The summed E-state index contributed by atoms with van der Waals surface area (Å²) in [5.41, 5.74) is 3.93. The molecule has 5 aromatic rings. The highest BCUT2D eigenvalue weighted by Crippen LogP contribution is 2.43. The molecule has 0 bridgehead atoms. The molecule has 0 radical (unpaired) electrons. The summed E-state index contributed by atoms with van der Waals surface area (Å²) in [6.07, 6.45) is -0.955. The predicted molar refractivity (Wildman–Crippen MR) is 182 cm³/mol. The molecule has 0 saturated carbocycles. The third-order valence-corrected chi connectivity index (χ3v) is 8.89. The van der Waals surface area contributed by atoms with Gasteiger partial charge in [-0.05, 0) is 71.8 Å². The number of hydrogen-bond donors (Lipinski definition) is 3. The van der Waals surface area contributed by atoms with Crippen LogP contribution in [0.5, 0.6) is 11.5 Å². The van der Waals surface area contributed by atoms with Crippen molar-refractivity contribution in [1.82, 2.24) is 0 Å². The first-order chi connectivity index (χ1) is 22.5. The zero-order valence-electron chi connectivity index (χ0n) is 25.4. The van der Waals surface area contributed by atoms with Gasteiger partial charge in [-0.2, -0.15) is 0 Å². The molecular formula is C38H36N2O5S. The van der Waals surface area contributed by atoms with Gasteiger partial charge in [0.1, 0.15) is 11.5 Å². The number of para-hydroxylation sites is 1.